The number of nitrogens with zero attached hydrogens (tertiary/aromatic N) is 2. The van der Waals surface area contributed by atoms with Gasteiger partial charge in [-0.05, 0) is 37.0 Å². The van der Waals surface area contributed by atoms with Gasteiger partial charge in [-0.2, -0.15) is 0 Å². The molecule has 0 aromatic heterocycles. The van der Waals surface area contributed by atoms with Crippen molar-refractivity contribution in [3.05, 3.63) is 23.8 Å². The predicted molar refractivity (Wildman–Crippen MR) is 107 cm³/mol. The number of rotatable bonds is 8. The number of carbonyl (C=O) groups is 1. The molecule has 1 heterocycles. The minimum atomic E-state index is 0.116. The van der Waals surface area contributed by atoms with E-state index >= 15 is 0 Å². The van der Waals surface area contributed by atoms with Gasteiger partial charge in [0.05, 0.1) is 20.8 Å². The van der Waals surface area contributed by atoms with Crippen molar-refractivity contribution in [2.24, 2.45) is 0 Å². The molecule has 6 heteroatoms. The van der Waals surface area contributed by atoms with Crippen LogP contribution < -0.4 is 14.8 Å². The average Bonchev–Trinajstić information content (AvgIpc) is 3.23. The maximum absolute atomic E-state index is 12.3. The van der Waals surface area contributed by atoms with Crippen molar-refractivity contribution in [3.8, 4) is 11.5 Å². The van der Waals surface area contributed by atoms with Crippen LogP contribution in [0.4, 0.5) is 0 Å². The normalized spacial score (nSPS) is 19.2. The molecule has 1 saturated heterocycles. The summed E-state index contributed by atoms with van der Waals surface area (Å²) in [5.41, 5.74) is 1.12. The maximum Gasteiger partial charge on any atom is 0.234 e. The Bertz CT molecular complexity index is 609. The van der Waals surface area contributed by atoms with Crippen LogP contribution in [0.3, 0.4) is 0 Å². The highest BCUT2D eigenvalue weighted by Crippen LogP contribution is 2.27. The van der Waals surface area contributed by atoms with E-state index in [1.54, 1.807) is 14.2 Å². The third-order valence-electron chi connectivity index (χ3n) is 5.80. The molecule has 6 nitrogen and oxygen atoms in total. The van der Waals surface area contributed by atoms with E-state index < -0.39 is 0 Å². The highest BCUT2D eigenvalue weighted by molar-refractivity contribution is 5.78. The first-order chi connectivity index (χ1) is 13.2. The lowest BCUT2D eigenvalue weighted by Gasteiger charge is -2.37. The zero-order valence-corrected chi connectivity index (χ0v) is 16.7. The number of methoxy groups -OCH3 is 2. The third kappa shape index (κ3) is 5.59. The van der Waals surface area contributed by atoms with Gasteiger partial charge in [-0.1, -0.05) is 18.9 Å². The van der Waals surface area contributed by atoms with Crippen molar-refractivity contribution in [3.63, 3.8) is 0 Å². The predicted octanol–water partition coefficient (Wildman–Crippen LogP) is 1.92. The summed E-state index contributed by atoms with van der Waals surface area (Å²) in [6, 6.07) is 6.67. The maximum atomic E-state index is 12.3. The highest BCUT2D eigenvalue weighted by atomic mass is 16.5. The number of amides is 1. The van der Waals surface area contributed by atoms with E-state index in [4.69, 9.17) is 9.47 Å². The van der Waals surface area contributed by atoms with Crippen molar-refractivity contribution in [2.75, 3.05) is 53.5 Å². The number of piperazine rings is 1. The summed E-state index contributed by atoms with van der Waals surface area (Å²) in [5.74, 6) is 1.56. The highest BCUT2D eigenvalue weighted by Gasteiger charge is 2.26. The van der Waals surface area contributed by atoms with Crippen LogP contribution in [0, 0.1) is 0 Å². The van der Waals surface area contributed by atoms with Gasteiger partial charge in [-0.15, -0.1) is 0 Å². The second-order valence-electron chi connectivity index (χ2n) is 7.54. The lowest BCUT2D eigenvalue weighted by atomic mass is 10.1. The number of hydrogen-bond acceptors (Lipinski definition) is 5. The summed E-state index contributed by atoms with van der Waals surface area (Å²) in [5, 5.41) is 3.04. The average molecular weight is 376 g/mol. The Morgan fingerprint density at radius 2 is 1.78 bits per heavy atom. The Hall–Kier alpha value is -1.79. The van der Waals surface area contributed by atoms with Gasteiger partial charge in [0.15, 0.2) is 11.5 Å². The van der Waals surface area contributed by atoms with Crippen LogP contribution in [0.5, 0.6) is 11.5 Å². The zero-order valence-electron chi connectivity index (χ0n) is 16.7. The van der Waals surface area contributed by atoms with Crippen LogP contribution in [-0.2, 0) is 11.2 Å². The monoisotopic (exact) mass is 375 g/mol. The quantitative estimate of drug-likeness (QED) is 0.752. The van der Waals surface area contributed by atoms with E-state index in [1.165, 1.54) is 25.7 Å². The van der Waals surface area contributed by atoms with Crippen LogP contribution in [0.1, 0.15) is 31.2 Å². The van der Waals surface area contributed by atoms with Crippen LogP contribution in [0.15, 0.2) is 18.2 Å². The van der Waals surface area contributed by atoms with Crippen molar-refractivity contribution in [2.45, 2.75) is 38.1 Å². The lowest BCUT2D eigenvalue weighted by Crippen LogP contribution is -2.51. The van der Waals surface area contributed by atoms with Gasteiger partial charge in [0.2, 0.25) is 5.91 Å². The Kier molecular flexibility index (Phi) is 7.35. The molecular weight excluding hydrogens is 342 g/mol. The van der Waals surface area contributed by atoms with Crippen LogP contribution >= 0.6 is 0 Å². The fourth-order valence-electron chi connectivity index (χ4n) is 4.20. The van der Waals surface area contributed by atoms with Gasteiger partial charge >= 0.3 is 0 Å². The second kappa shape index (κ2) is 9.95. The first-order valence-electron chi connectivity index (χ1n) is 10.1. The van der Waals surface area contributed by atoms with Gasteiger partial charge in [0.1, 0.15) is 0 Å². The van der Waals surface area contributed by atoms with Crippen molar-refractivity contribution < 1.29 is 14.3 Å². The van der Waals surface area contributed by atoms with Crippen LogP contribution in [-0.4, -0.2) is 75.2 Å². The van der Waals surface area contributed by atoms with E-state index in [-0.39, 0.29) is 5.91 Å². The van der Waals surface area contributed by atoms with E-state index in [9.17, 15) is 4.79 Å². The standard InChI is InChI=1S/C21H33N3O3/c1-26-19-8-7-17(15-20(19)27-2)9-10-22-21(25)16-23-11-13-24(14-12-23)18-5-3-4-6-18/h7-8,15,18H,3-6,9-14,16H2,1-2H3,(H,22,25). The first kappa shape index (κ1) is 20.0. The van der Waals surface area contributed by atoms with Crippen molar-refractivity contribution >= 4 is 5.91 Å². The summed E-state index contributed by atoms with van der Waals surface area (Å²) in [7, 11) is 3.27. The smallest absolute Gasteiger partial charge is 0.234 e. The van der Waals surface area contributed by atoms with E-state index in [0.29, 0.717) is 13.1 Å². The Morgan fingerprint density at radius 1 is 1.07 bits per heavy atom. The van der Waals surface area contributed by atoms with Gasteiger partial charge in [0, 0.05) is 38.8 Å². The SMILES string of the molecule is COc1ccc(CCNC(=O)CN2CCN(C3CCCC3)CC2)cc1OC. The molecule has 1 aliphatic heterocycles. The molecule has 1 saturated carbocycles. The first-order valence-corrected chi connectivity index (χ1v) is 10.1. The zero-order chi connectivity index (χ0) is 19.1. The Labute approximate surface area is 162 Å². The van der Waals surface area contributed by atoms with Gasteiger partial charge < -0.3 is 14.8 Å². The summed E-state index contributed by atoms with van der Waals surface area (Å²) < 4.78 is 10.6. The van der Waals surface area contributed by atoms with Gasteiger partial charge in [0.25, 0.3) is 0 Å². The number of hydrogen-bond donors (Lipinski definition) is 1. The minimum Gasteiger partial charge on any atom is -0.493 e. The number of ether oxygens (including phenoxy) is 2. The molecule has 0 unspecified atom stereocenters. The summed E-state index contributed by atoms with van der Waals surface area (Å²) in [6.45, 7) is 5.34. The fourth-order valence-corrected chi connectivity index (χ4v) is 4.20. The van der Waals surface area contributed by atoms with Crippen LogP contribution in [0.25, 0.3) is 0 Å². The summed E-state index contributed by atoms with van der Waals surface area (Å²) >= 11 is 0. The molecule has 2 fully saturated rings. The molecule has 1 aromatic carbocycles. The molecule has 150 valence electrons. The second-order valence-corrected chi connectivity index (χ2v) is 7.54. The fraction of sp³-hybridized carbons (Fsp3) is 0.667. The molecule has 1 aliphatic carbocycles. The Morgan fingerprint density at radius 3 is 2.44 bits per heavy atom. The molecule has 1 amide bonds. The Balaban J connectivity index is 1.35. The molecule has 27 heavy (non-hydrogen) atoms. The number of carbonyl (C=O) groups excluding carboxylic acids is 1. The summed E-state index contributed by atoms with van der Waals surface area (Å²) in [4.78, 5) is 17.2. The molecule has 2 aliphatic rings. The van der Waals surface area contributed by atoms with Crippen molar-refractivity contribution in [1.29, 1.82) is 0 Å². The van der Waals surface area contributed by atoms with Crippen LogP contribution in [0.2, 0.25) is 0 Å². The number of benzene rings is 1. The molecule has 3 rings (SSSR count). The lowest BCUT2D eigenvalue weighted by molar-refractivity contribution is -0.122. The molecule has 0 bridgehead atoms. The van der Waals surface area contributed by atoms with Gasteiger partial charge in [-0.3, -0.25) is 14.6 Å². The molecule has 1 aromatic rings. The minimum absolute atomic E-state index is 0.116. The number of nitrogens with one attached hydrogen (secondary N) is 1. The topological polar surface area (TPSA) is 54.0 Å². The van der Waals surface area contributed by atoms with Gasteiger partial charge in [-0.25, -0.2) is 0 Å². The molecule has 1 N–H and O–H groups in total. The van der Waals surface area contributed by atoms with E-state index in [2.05, 4.69) is 15.1 Å². The molecule has 0 radical (unpaired) electrons. The molecular formula is C21H33N3O3. The molecule has 0 spiro atoms. The van der Waals surface area contributed by atoms with E-state index in [1.807, 2.05) is 18.2 Å². The third-order valence-corrected chi connectivity index (χ3v) is 5.80. The van der Waals surface area contributed by atoms with E-state index in [0.717, 1.165) is 55.7 Å². The largest absolute Gasteiger partial charge is 0.493 e. The summed E-state index contributed by atoms with van der Waals surface area (Å²) in [6.07, 6.45) is 6.26. The van der Waals surface area contributed by atoms with Crippen molar-refractivity contribution in [1.82, 2.24) is 15.1 Å². The molecule has 0 atom stereocenters.